The third kappa shape index (κ3) is 3.98. The van der Waals surface area contributed by atoms with Crippen molar-refractivity contribution in [1.82, 2.24) is 0 Å². The van der Waals surface area contributed by atoms with Crippen molar-refractivity contribution in [2.45, 2.75) is 81.5 Å². The number of benzene rings is 1. The van der Waals surface area contributed by atoms with Gasteiger partial charge in [0.05, 0.1) is 20.3 Å². The maximum Gasteiger partial charge on any atom is 0.349 e. The molecule has 2 heterocycles. The van der Waals surface area contributed by atoms with E-state index in [0.717, 1.165) is 12.7 Å². The van der Waals surface area contributed by atoms with Crippen LogP contribution in [-0.4, -0.2) is 81.8 Å². The Bertz CT molecular complexity index is 1670. The fraction of sp³-hybridized carbons (Fsp3) is 0.515. The normalized spacial score (nSPS) is 39.0. The fourth-order valence-corrected chi connectivity index (χ4v) is 7.79. The number of allylic oxidation sites excluding steroid dienone is 2. The lowest BCUT2D eigenvalue weighted by atomic mass is 9.49. The van der Waals surface area contributed by atoms with Gasteiger partial charge in [-0.1, -0.05) is 18.6 Å². The molecule has 45 heavy (non-hydrogen) atoms. The van der Waals surface area contributed by atoms with Crippen molar-refractivity contribution in [1.29, 1.82) is 0 Å². The molecule has 2 bridgehead atoms. The number of carbonyl (C=O) groups excluding carboxylic acids is 3. The van der Waals surface area contributed by atoms with Crippen molar-refractivity contribution >= 4 is 29.3 Å². The number of epoxide rings is 1. The molecular formula is C33H35ClO11. The standard InChI is InChI=1S/C33H35ClO11/c1-16(2)7-10-31-24(37)18(13-20(36)25(31)44-31)8-9-29(4)15-30(28(40)42-6)14-22(41-5)32(29,34)27(39)33(30)43-21-12-17(3)11-19(35)23(21)26(38)45-33/h7,9,11-12,14,20,24-25,35-37H,10,13,15H2,1-6H3/t8?,20-,24+,25-,29+,30+,31+,32-,33-/m0/s1. The Balaban J connectivity index is 1.51. The molecule has 240 valence electrons. The summed E-state index contributed by atoms with van der Waals surface area (Å²) >= 11 is 7.28. The van der Waals surface area contributed by atoms with E-state index in [2.05, 4.69) is 5.73 Å². The van der Waals surface area contributed by atoms with Gasteiger partial charge in [0.2, 0.25) is 5.78 Å². The Morgan fingerprint density at radius 2 is 1.91 bits per heavy atom. The van der Waals surface area contributed by atoms with Crippen LogP contribution in [0.5, 0.6) is 11.5 Å². The van der Waals surface area contributed by atoms with Crippen LogP contribution >= 0.6 is 11.6 Å². The van der Waals surface area contributed by atoms with Gasteiger partial charge in [-0.15, -0.1) is 17.3 Å². The summed E-state index contributed by atoms with van der Waals surface area (Å²) < 4.78 is 28.5. The maximum atomic E-state index is 14.8. The maximum absolute atomic E-state index is 14.8. The highest BCUT2D eigenvalue weighted by molar-refractivity contribution is 6.41. The van der Waals surface area contributed by atoms with E-state index in [0.29, 0.717) is 17.6 Å². The third-order valence-electron chi connectivity index (χ3n) is 9.79. The van der Waals surface area contributed by atoms with Crippen LogP contribution in [-0.2, 0) is 28.5 Å². The molecule has 4 aliphatic carbocycles. The lowest BCUT2D eigenvalue weighted by Crippen LogP contribution is -2.79. The highest BCUT2D eigenvalue weighted by Gasteiger charge is 2.83. The Labute approximate surface area is 264 Å². The Kier molecular flexibility index (Phi) is 6.94. The first-order valence-electron chi connectivity index (χ1n) is 14.6. The predicted octanol–water partition coefficient (Wildman–Crippen LogP) is 3.31. The van der Waals surface area contributed by atoms with Gasteiger partial charge in [-0.05, 0) is 57.0 Å². The number of hydrogen-bond donors (Lipinski definition) is 3. The van der Waals surface area contributed by atoms with Gasteiger partial charge in [0.25, 0.3) is 0 Å². The van der Waals surface area contributed by atoms with Crippen LogP contribution in [0.15, 0.2) is 53.0 Å². The van der Waals surface area contributed by atoms with E-state index in [-0.39, 0.29) is 29.9 Å². The van der Waals surface area contributed by atoms with Crippen molar-refractivity contribution in [3.8, 4) is 11.5 Å². The number of esters is 2. The summed E-state index contributed by atoms with van der Waals surface area (Å²) in [6.45, 7) is 7.11. The van der Waals surface area contributed by atoms with Crippen LogP contribution in [0, 0.1) is 17.8 Å². The van der Waals surface area contributed by atoms with Gasteiger partial charge in [-0.3, -0.25) is 9.59 Å². The lowest BCUT2D eigenvalue weighted by molar-refractivity contribution is -0.244. The van der Waals surface area contributed by atoms with Crippen LogP contribution < -0.4 is 4.74 Å². The molecule has 6 aliphatic rings. The number of ether oxygens (including phenoxy) is 5. The smallest absolute Gasteiger partial charge is 0.349 e. The van der Waals surface area contributed by atoms with Crippen LogP contribution in [0.25, 0.3) is 0 Å². The van der Waals surface area contributed by atoms with Crippen molar-refractivity contribution in [3.63, 3.8) is 0 Å². The number of hydrogen-bond acceptors (Lipinski definition) is 11. The zero-order valence-corrected chi connectivity index (χ0v) is 26.5. The average molecular weight is 643 g/mol. The van der Waals surface area contributed by atoms with Gasteiger partial charge in [0.15, 0.2) is 10.3 Å². The SMILES string of the molecule is COC(=O)[C@]12C=C(OC)[C@](Cl)(C(=O)[C@]13OC(=O)c1c(O)cc(C)cc1O3)[C@](C)(C=C=C1C[C@H](O)[C@@H]3O[C@]3(CC=C(C)C)[C@@H]1O)C2. The summed E-state index contributed by atoms with van der Waals surface area (Å²) in [7, 11) is 2.40. The summed E-state index contributed by atoms with van der Waals surface area (Å²) in [5.41, 5.74) is 0.0716. The second kappa shape index (κ2) is 9.95. The Morgan fingerprint density at radius 3 is 2.56 bits per heavy atom. The van der Waals surface area contributed by atoms with Crippen LogP contribution in [0.3, 0.4) is 0 Å². The summed E-state index contributed by atoms with van der Waals surface area (Å²) in [6.07, 6.45) is 2.30. The molecule has 8 atom stereocenters. The lowest BCUT2D eigenvalue weighted by Gasteiger charge is -2.61. The van der Waals surface area contributed by atoms with E-state index in [4.69, 9.17) is 35.3 Å². The molecule has 2 saturated carbocycles. The second-order valence-electron chi connectivity index (χ2n) is 13.0. The number of aryl methyl sites for hydroxylation is 1. The van der Waals surface area contributed by atoms with Gasteiger partial charge in [0, 0.05) is 23.8 Å². The highest BCUT2D eigenvalue weighted by atomic mass is 35.5. The van der Waals surface area contributed by atoms with Crippen LogP contribution in [0.1, 0.15) is 56.0 Å². The first-order chi connectivity index (χ1) is 21.1. The molecule has 0 aromatic heterocycles. The number of halogens is 1. The number of alkyl halides is 1. The van der Waals surface area contributed by atoms with E-state index in [1.54, 1.807) is 13.8 Å². The fourth-order valence-electron chi connectivity index (χ4n) is 7.41. The first kappa shape index (κ1) is 31.4. The largest absolute Gasteiger partial charge is 0.507 e. The number of aromatic hydroxyl groups is 1. The number of phenolic OH excluding ortho intramolecular Hbond substituents is 1. The molecule has 3 N–H and O–H groups in total. The van der Waals surface area contributed by atoms with Crippen LogP contribution in [0.4, 0.5) is 0 Å². The summed E-state index contributed by atoms with van der Waals surface area (Å²) in [5.74, 6) is -6.37. The number of aliphatic hydroxyl groups excluding tert-OH is 2. The molecule has 1 saturated heterocycles. The van der Waals surface area contributed by atoms with Crippen molar-refractivity contribution < 1.29 is 53.4 Å². The van der Waals surface area contributed by atoms with Gasteiger partial charge < -0.3 is 39.0 Å². The average Bonchev–Trinajstić information content (AvgIpc) is 3.73. The van der Waals surface area contributed by atoms with Crippen molar-refractivity contribution in [3.05, 3.63) is 64.1 Å². The minimum atomic E-state index is -2.61. The molecule has 3 fully saturated rings. The molecule has 0 radical (unpaired) electrons. The minimum absolute atomic E-state index is 0.0532. The van der Waals surface area contributed by atoms with Gasteiger partial charge in [-0.2, -0.15) is 0 Å². The highest BCUT2D eigenvalue weighted by Crippen LogP contribution is 2.68. The molecule has 7 rings (SSSR count). The van der Waals surface area contributed by atoms with E-state index in [9.17, 15) is 29.7 Å². The third-order valence-corrected chi connectivity index (χ3v) is 10.6. The van der Waals surface area contributed by atoms with Gasteiger partial charge >= 0.3 is 17.7 Å². The van der Waals surface area contributed by atoms with Crippen molar-refractivity contribution in [2.24, 2.45) is 10.8 Å². The van der Waals surface area contributed by atoms with E-state index in [1.807, 2.05) is 19.9 Å². The number of carbonyl (C=O) groups is 3. The summed E-state index contributed by atoms with van der Waals surface area (Å²) in [6, 6.07) is 2.78. The van der Waals surface area contributed by atoms with E-state index < -0.39 is 68.9 Å². The Morgan fingerprint density at radius 1 is 1.20 bits per heavy atom. The predicted molar refractivity (Wildman–Crippen MR) is 157 cm³/mol. The number of ketones is 1. The summed E-state index contributed by atoms with van der Waals surface area (Å²) in [4.78, 5) is 39.9. The van der Waals surface area contributed by atoms with Crippen molar-refractivity contribution in [2.75, 3.05) is 14.2 Å². The molecule has 2 aliphatic heterocycles. The zero-order valence-electron chi connectivity index (χ0n) is 25.7. The van der Waals surface area contributed by atoms with Gasteiger partial charge in [0.1, 0.15) is 40.6 Å². The second-order valence-corrected chi connectivity index (χ2v) is 13.6. The minimum Gasteiger partial charge on any atom is -0.507 e. The molecule has 1 aromatic rings. The van der Waals surface area contributed by atoms with E-state index >= 15 is 0 Å². The number of phenols is 1. The van der Waals surface area contributed by atoms with E-state index in [1.165, 1.54) is 31.4 Å². The molecule has 0 amide bonds. The monoisotopic (exact) mass is 642 g/mol. The molecule has 11 nitrogen and oxygen atoms in total. The molecular weight excluding hydrogens is 608 g/mol. The zero-order chi connectivity index (χ0) is 32.9. The molecule has 1 spiro atoms. The number of rotatable bonds is 5. The van der Waals surface area contributed by atoms with Crippen LogP contribution in [0.2, 0.25) is 0 Å². The topological polar surface area (TPSA) is 161 Å². The number of Topliss-reactive ketones (excluding diaryl/α,β-unsaturated/α-hetero) is 1. The number of aliphatic hydroxyl groups is 2. The molecule has 12 heteroatoms. The number of fused-ring (bicyclic) bond motifs is 3. The quantitative estimate of drug-likeness (QED) is 0.142. The van der Waals surface area contributed by atoms with Gasteiger partial charge in [-0.25, -0.2) is 4.79 Å². The first-order valence-corrected chi connectivity index (χ1v) is 14.9. The summed E-state index contributed by atoms with van der Waals surface area (Å²) in [5, 5.41) is 32.6. The molecule has 1 aromatic carbocycles. The number of methoxy groups -OCH3 is 2. The Hall–Kier alpha value is -3.60. The molecule has 0 unspecified atom stereocenters.